The average Bonchev–Trinajstić information content (AvgIpc) is 3.26. The van der Waals surface area contributed by atoms with E-state index in [2.05, 4.69) is 10.4 Å². The number of benzene rings is 2. The summed E-state index contributed by atoms with van der Waals surface area (Å²) in [7, 11) is 2.44. The van der Waals surface area contributed by atoms with Crippen LogP contribution < -0.4 is 10.1 Å². The van der Waals surface area contributed by atoms with Crippen molar-refractivity contribution in [3.63, 3.8) is 0 Å². The van der Waals surface area contributed by atoms with E-state index in [1.807, 2.05) is 32.0 Å². The summed E-state index contributed by atoms with van der Waals surface area (Å²) in [5, 5.41) is 6.84. The Morgan fingerprint density at radius 2 is 1.59 bits per heavy atom. The SMILES string of the molecule is COC(=O)c1cc(NC(=O)c2ccn(COc3ccc(C)cc3C)n2)cc(C(=O)OC)c1. The van der Waals surface area contributed by atoms with E-state index < -0.39 is 17.8 Å². The quantitative estimate of drug-likeness (QED) is 0.565. The Morgan fingerprint density at radius 3 is 2.19 bits per heavy atom. The minimum absolute atomic E-state index is 0.0955. The lowest BCUT2D eigenvalue weighted by atomic mass is 10.1. The summed E-state index contributed by atoms with van der Waals surface area (Å²) in [6, 6.07) is 11.5. The maximum Gasteiger partial charge on any atom is 0.337 e. The zero-order valence-electron chi connectivity index (χ0n) is 18.2. The fourth-order valence-electron chi connectivity index (χ4n) is 3.02. The Labute approximate surface area is 184 Å². The van der Waals surface area contributed by atoms with Crippen LogP contribution in [0.25, 0.3) is 0 Å². The van der Waals surface area contributed by atoms with Crippen molar-refractivity contribution in [1.82, 2.24) is 9.78 Å². The molecule has 0 spiro atoms. The number of aromatic nitrogens is 2. The maximum atomic E-state index is 12.6. The number of methoxy groups -OCH3 is 2. The van der Waals surface area contributed by atoms with Crippen LogP contribution in [-0.2, 0) is 16.2 Å². The smallest absolute Gasteiger partial charge is 0.337 e. The predicted molar refractivity (Wildman–Crippen MR) is 116 cm³/mol. The first kappa shape index (κ1) is 22.5. The fourth-order valence-corrected chi connectivity index (χ4v) is 3.02. The highest BCUT2D eigenvalue weighted by molar-refractivity contribution is 6.04. The number of esters is 2. The molecule has 166 valence electrons. The summed E-state index contributed by atoms with van der Waals surface area (Å²) in [6.45, 7) is 4.08. The zero-order valence-corrected chi connectivity index (χ0v) is 18.2. The molecule has 0 atom stereocenters. The first-order valence-corrected chi connectivity index (χ1v) is 9.67. The molecule has 1 heterocycles. The first-order valence-electron chi connectivity index (χ1n) is 9.67. The van der Waals surface area contributed by atoms with Crippen molar-refractivity contribution in [2.45, 2.75) is 20.6 Å². The molecule has 0 saturated carbocycles. The molecule has 0 aliphatic carbocycles. The molecule has 9 heteroatoms. The van der Waals surface area contributed by atoms with Gasteiger partial charge in [-0.15, -0.1) is 0 Å². The van der Waals surface area contributed by atoms with E-state index >= 15 is 0 Å². The highest BCUT2D eigenvalue weighted by atomic mass is 16.5. The lowest BCUT2D eigenvalue weighted by Gasteiger charge is -2.10. The van der Waals surface area contributed by atoms with Crippen LogP contribution in [0.3, 0.4) is 0 Å². The van der Waals surface area contributed by atoms with Crippen LogP contribution in [0.2, 0.25) is 0 Å². The molecule has 0 unspecified atom stereocenters. The average molecular weight is 437 g/mol. The third-order valence-corrected chi connectivity index (χ3v) is 4.59. The number of aryl methyl sites for hydroxylation is 2. The molecule has 1 aromatic heterocycles. The van der Waals surface area contributed by atoms with Crippen molar-refractivity contribution in [3.8, 4) is 5.75 Å². The lowest BCUT2D eigenvalue weighted by Crippen LogP contribution is -2.16. The van der Waals surface area contributed by atoms with Crippen molar-refractivity contribution in [3.05, 3.63) is 76.6 Å². The van der Waals surface area contributed by atoms with Crippen molar-refractivity contribution in [2.24, 2.45) is 0 Å². The second kappa shape index (κ2) is 9.78. The Morgan fingerprint density at radius 1 is 0.938 bits per heavy atom. The summed E-state index contributed by atoms with van der Waals surface area (Å²) in [5.41, 5.74) is 2.69. The van der Waals surface area contributed by atoms with Gasteiger partial charge in [0.2, 0.25) is 0 Å². The molecule has 3 aromatic rings. The van der Waals surface area contributed by atoms with E-state index in [0.29, 0.717) is 0 Å². The molecule has 0 aliphatic heterocycles. The van der Waals surface area contributed by atoms with Crippen molar-refractivity contribution >= 4 is 23.5 Å². The Bertz CT molecular complexity index is 1130. The third kappa shape index (κ3) is 5.31. The Hall–Kier alpha value is -4.14. The number of nitrogens with one attached hydrogen (secondary N) is 1. The molecule has 32 heavy (non-hydrogen) atoms. The van der Waals surface area contributed by atoms with Crippen LogP contribution >= 0.6 is 0 Å². The monoisotopic (exact) mass is 437 g/mol. The molecule has 9 nitrogen and oxygen atoms in total. The number of anilines is 1. The summed E-state index contributed by atoms with van der Waals surface area (Å²) in [4.78, 5) is 36.4. The summed E-state index contributed by atoms with van der Waals surface area (Å²) in [5.74, 6) is -1.10. The number of hydrogen-bond acceptors (Lipinski definition) is 7. The van der Waals surface area contributed by atoms with Crippen molar-refractivity contribution < 1.29 is 28.6 Å². The van der Waals surface area contributed by atoms with Gasteiger partial charge < -0.3 is 19.5 Å². The lowest BCUT2D eigenvalue weighted by molar-refractivity contribution is 0.0599. The van der Waals surface area contributed by atoms with Crippen molar-refractivity contribution in [1.29, 1.82) is 0 Å². The van der Waals surface area contributed by atoms with E-state index in [1.165, 1.54) is 43.2 Å². The minimum atomic E-state index is -0.654. The van der Waals surface area contributed by atoms with Crippen LogP contribution in [-0.4, -0.2) is 41.8 Å². The molecular formula is C23H23N3O6. The summed E-state index contributed by atoms with van der Waals surface area (Å²) in [6.07, 6.45) is 1.61. The molecule has 0 bridgehead atoms. The van der Waals surface area contributed by atoms with E-state index in [0.717, 1.165) is 16.9 Å². The highest BCUT2D eigenvalue weighted by Gasteiger charge is 2.16. The van der Waals surface area contributed by atoms with Crippen LogP contribution in [0.1, 0.15) is 42.3 Å². The van der Waals surface area contributed by atoms with Gasteiger partial charge in [0.15, 0.2) is 12.4 Å². The van der Waals surface area contributed by atoms with E-state index in [-0.39, 0.29) is 29.2 Å². The first-order chi connectivity index (χ1) is 15.3. The number of hydrogen-bond donors (Lipinski definition) is 1. The molecule has 0 radical (unpaired) electrons. The van der Waals surface area contributed by atoms with Gasteiger partial charge in [-0.05, 0) is 49.7 Å². The van der Waals surface area contributed by atoms with Crippen molar-refractivity contribution in [2.75, 3.05) is 19.5 Å². The third-order valence-electron chi connectivity index (χ3n) is 4.59. The number of ether oxygens (including phenoxy) is 3. The molecule has 2 aromatic carbocycles. The van der Waals surface area contributed by atoms with Gasteiger partial charge in [0.25, 0.3) is 5.91 Å². The fraction of sp³-hybridized carbons (Fsp3) is 0.217. The topological polar surface area (TPSA) is 109 Å². The molecule has 1 N–H and O–H groups in total. The standard InChI is InChI=1S/C23H23N3O6/c1-14-5-6-20(15(2)9-14)32-13-26-8-7-19(25-26)21(27)24-18-11-16(22(28)30-3)10-17(12-18)23(29)31-4/h5-12H,13H2,1-4H3,(H,24,27). The van der Waals surface area contributed by atoms with Gasteiger partial charge in [0, 0.05) is 11.9 Å². The second-order valence-electron chi connectivity index (χ2n) is 7.02. The number of nitrogens with zero attached hydrogens (tertiary/aromatic N) is 2. The van der Waals surface area contributed by atoms with E-state index in [4.69, 9.17) is 14.2 Å². The zero-order chi connectivity index (χ0) is 23.3. The normalized spacial score (nSPS) is 10.4. The number of rotatable bonds is 7. The van der Waals surface area contributed by atoms with E-state index in [1.54, 1.807) is 6.20 Å². The minimum Gasteiger partial charge on any atom is -0.471 e. The van der Waals surface area contributed by atoms with Gasteiger partial charge in [-0.1, -0.05) is 17.7 Å². The molecule has 3 rings (SSSR count). The number of carbonyl (C=O) groups excluding carboxylic acids is 3. The summed E-state index contributed by atoms with van der Waals surface area (Å²) >= 11 is 0. The molecule has 1 amide bonds. The molecular weight excluding hydrogens is 414 g/mol. The highest BCUT2D eigenvalue weighted by Crippen LogP contribution is 2.20. The molecule has 0 aliphatic rings. The van der Waals surface area contributed by atoms with Crippen LogP contribution in [0, 0.1) is 13.8 Å². The van der Waals surface area contributed by atoms with Crippen LogP contribution in [0.4, 0.5) is 5.69 Å². The summed E-state index contributed by atoms with van der Waals surface area (Å²) < 4.78 is 16.6. The van der Waals surface area contributed by atoms with Gasteiger partial charge in [-0.25, -0.2) is 14.3 Å². The van der Waals surface area contributed by atoms with Gasteiger partial charge in [-0.3, -0.25) is 4.79 Å². The Balaban J connectivity index is 1.73. The van der Waals surface area contributed by atoms with Crippen LogP contribution in [0.5, 0.6) is 5.75 Å². The van der Waals surface area contributed by atoms with Gasteiger partial charge in [-0.2, -0.15) is 5.10 Å². The number of amides is 1. The van der Waals surface area contributed by atoms with Crippen LogP contribution in [0.15, 0.2) is 48.7 Å². The number of carbonyl (C=O) groups is 3. The van der Waals surface area contributed by atoms with E-state index in [9.17, 15) is 14.4 Å². The molecule has 0 fully saturated rings. The largest absolute Gasteiger partial charge is 0.471 e. The molecule has 0 saturated heterocycles. The predicted octanol–water partition coefficient (Wildman–Crippen LogP) is 3.36. The van der Waals surface area contributed by atoms with Gasteiger partial charge >= 0.3 is 11.9 Å². The second-order valence-corrected chi connectivity index (χ2v) is 7.02. The Kier molecular flexibility index (Phi) is 6.89. The maximum absolute atomic E-state index is 12.6. The van der Waals surface area contributed by atoms with Gasteiger partial charge in [0.05, 0.1) is 25.3 Å². The van der Waals surface area contributed by atoms with Gasteiger partial charge in [0.1, 0.15) is 5.75 Å².